The Balaban J connectivity index is 0.000000112. The molecule has 3 saturated heterocycles. The maximum Gasteiger partial charge on any atom is 0.0110 e. The van der Waals surface area contributed by atoms with Crippen molar-refractivity contribution >= 4 is 0 Å². The minimum atomic E-state index is 1.32. The summed E-state index contributed by atoms with van der Waals surface area (Å²) in [6.45, 7) is 7.92. The smallest absolute Gasteiger partial charge is 0.0110 e. The minimum absolute atomic E-state index is 1.32. The average molecular weight is 196 g/mol. The number of nitrogens with zero attached hydrogens (tertiary/aromatic N) is 2. The van der Waals surface area contributed by atoms with Gasteiger partial charge in [-0.15, -0.1) is 0 Å². The average Bonchev–Trinajstić information content (AvgIpc) is 2.35. The molecule has 0 unspecified atom stereocenters. The Kier molecular flexibility index (Phi) is 4.26. The number of piperazine rings is 3. The summed E-state index contributed by atoms with van der Waals surface area (Å²) >= 11 is 0. The van der Waals surface area contributed by atoms with Crippen LogP contribution in [0.15, 0.2) is 0 Å². The first kappa shape index (κ1) is 10.4. The first-order valence-corrected chi connectivity index (χ1v) is 6.40. The molecule has 0 atom stereocenters. The fraction of sp³-hybridized carbons (Fsp3) is 1.00. The highest BCUT2D eigenvalue weighted by atomic mass is 15.3. The van der Waals surface area contributed by atoms with Crippen molar-refractivity contribution in [2.45, 2.75) is 38.5 Å². The van der Waals surface area contributed by atoms with Crippen molar-refractivity contribution in [3.63, 3.8) is 0 Å². The van der Waals surface area contributed by atoms with Gasteiger partial charge in [0.25, 0.3) is 0 Å². The summed E-state index contributed by atoms with van der Waals surface area (Å²) in [5.74, 6) is 0. The van der Waals surface area contributed by atoms with Gasteiger partial charge in [-0.25, -0.2) is 0 Å². The molecule has 0 aromatic heterocycles. The van der Waals surface area contributed by atoms with Crippen LogP contribution in [0, 0.1) is 0 Å². The monoisotopic (exact) mass is 196 g/mol. The molecule has 82 valence electrons. The van der Waals surface area contributed by atoms with Gasteiger partial charge in [0.15, 0.2) is 0 Å². The topological polar surface area (TPSA) is 6.48 Å². The van der Waals surface area contributed by atoms with Gasteiger partial charge in [-0.05, 0) is 0 Å². The molecule has 4 fully saturated rings. The van der Waals surface area contributed by atoms with Crippen LogP contribution in [-0.2, 0) is 0 Å². The Morgan fingerprint density at radius 3 is 0.714 bits per heavy atom. The van der Waals surface area contributed by atoms with E-state index in [1.165, 1.54) is 77.8 Å². The van der Waals surface area contributed by atoms with E-state index in [1.807, 2.05) is 0 Å². The van der Waals surface area contributed by atoms with Crippen LogP contribution < -0.4 is 0 Å². The summed E-state index contributed by atoms with van der Waals surface area (Å²) in [6.07, 6.45) is 9.00. The van der Waals surface area contributed by atoms with Gasteiger partial charge in [0.1, 0.15) is 0 Å². The molecule has 2 heteroatoms. The van der Waals surface area contributed by atoms with Crippen LogP contribution in [0.2, 0.25) is 0 Å². The number of hydrogen-bond donors (Lipinski definition) is 0. The number of hydrogen-bond acceptors (Lipinski definition) is 2. The summed E-state index contributed by atoms with van der Waals surface area (Å²) < 4.78 is 0. The predicted molar refractivity (Wildman–Crippen MR) is 60.6 cm³/mol. The molecule has 3 heterocycles. The quantitative estimate of drug-likeness (QED) is 0.584. The largest absolute Gasteiger partial charge is 0.300 e. The van der Waals surface area contributed by atoms with Crippen LogP contribution >= 0.6 is 0 Å². The Labute approximate surface area is 88.3 Å². The molecule has 14 heavy (non-hydrogen) atoms. The van der Waals surface area contributed by atoms with Gasteiger partial charge in [0.2, 0.25) is 0 Å². The molecule has 0 aromatic carbocycles. The van der Waals surface area contributed by atoms with E-state index in [1.54, 1.807) is 0 Å². The molecule has 2 nitrogen and oxygen atoms in total. The molecule has 1 saturated carbocycles. The Hall–Kier alpha value is -0.0800. The van der Waals surface area contributed by atoms with Gasteiger partial charge in [0.05, 0.1) is 0 Å². The van der Waals surface area contributed by atoms with Crippen molar-refractivity contribution in [1.82, 2.24) is 9.80 Å². The molecule has 3 aliphatic heterocycles. The highest BCUT2D eigenvalue weighted by molar-refractivity contribution is 4.78. The van der Waals surface area contributed by atoms with Crippen molar-refractivity contribution < 1.29 is 0 Å². The Morgan fingerprint density at radius 2 is 0.571 bits per heavy atom. The van der Waals surface area contributed by atoms with Crippen molar-refractivity contribution in [3.05, 3.63) is 0 Å². The molecule has 1 aliphatic carbocycles. The van der Waals surface area contributed by atoms with Gasteiger partial charge in [-0.3, -0.25) is 9.80 Å². The molecule has 2 bridgehead atoms. The van der Waals surface area contributed by atoms with Gasteiger partial charge in [-0.2, -0.15) is 0 Å². The molecule has 4 rings (SSSR count). The summed E-state index contributed by atoms with van der Waals surface area (Å²) in [6, 6.07) is 0. The summed E-state index contributed by atoms with van der Waals surface area (Å²) in [5, 5.41) is 0. The fourth-order valence-corrected chi connectivity index (χ4v) is 2.58. The van der Waals surface area contributed by atoms with E-state index in [9.17, 15) is 0 Å². The third kappa shape index (κ3) is 3.25. The SMILES string of the molecule is C1CCCCC1.C1CN2CCN1CC2. The first-order chi connectivity index (χ1) is 6.95. The van der Waals surface area contributed by atoms with E-state index >= 15 is 0 Å². The highest BCUT2D eigenvalue weighted by Gasteiger charge is 2.21. The lowest BCUT2D eigenvalue weighted by Crippen LogP contribution is -2.55. The van der Waals surface area contributed by atoms with Crippen molar-refractivity contribution in [2.75, 3.05) is 39.3 Å². The number of fused-ring (bicyclic) bond motifs is 3. The third-order valence-corrected chi connectivity index (χ3v) is 3.70. The van der Waals surface area contributed by atoms with E-state index in [0.29, 0.717) is 0 Å². The summed E-state index contributed by atoms with van der Waals surface area (Å²) in [5.41, 5.74) is 0. The molecule has 4 aliphatic rings. The zero-order valence-electron chi connectivity index (χ0n) is 9.38. The van der Waals surface area contributed by atoms with Gasteiger partial charge >= 0.3 is 0 Å². The predicted octanol–water partition coefficient (Wildman–Crippen LogP) is 1.96. The molecular formula is C12H24N2. The standard InChI is InChI=1S/C6H12N2.C6H12/c1-2-8-5-3-7(1)4-6-8;1-2-4-6-5-3-1/h1-6H2;1-6H2. The summed E-state index contributed by atoms with van der Waals surface area (Å²) in [7, 11) is 0. The lowest BCUT2D eigenvalue weighted by atomic mass is 10.0. The molecule has 0 aromatic rings. The molecular weight excluding hydrogens is 172 g/mol. The molecule has 0 amide bonds. The van der Waals surface area contributed by atoms with Crippen LogP contribution in [0.4, 0.5) is 0 Å². The summed E-state index contributed by atoms with van der Waals surface area (Å²) in [4.78, 5) is 5.08. The normalized spacial score (nSPS) is 36.0. The van der Waals surface area contributed by atoms with E-state index in [-0.39, 0.29) is 0 Å². The van der Waals surface area contributed by atoms with Crippen molar-refractivity contribution in [2.24, 2.45) is 0 Å². The van der Waals surface area contributed by atoms with Gasteiger partial charge in [0, 0.05) is 39.3 Å². The molecule has 0 spiro atoms. The second-order valence-electron chi connectivity index (χ2n) is 4.80. The van der Waals surface area contributed by atoms with Crippen LogP contribution in [0.1, 0.15) is 38.5 Å². The minimum Gasteiger partial charge on any atom is -0.300 e. The maximum absolute atomic E-state index is 2.54. The second kappa shape index (κ2) is 5.72. The van der Waals surface area contributed by atoms with E-state index in [0.717, 1.165) is 0 Å². The van der Waals surface area contributed by atoms with Crippen LogP contribution in [0.3, 0.4) is 0 Å². The first-order valence-electron chi connectivity index (χ1n) is 6.40. The maximum atomic E-state index is 2.54. The van der Waals surface area contributed by atoms with Crippen LogP contribution in [0.25, 0.3) is 0 Å². The van der Waals surface area contributed by atoms with Gasteiger partial charge in [-0.1, -0.05) is 38.5 Å². The molecule has 0 N–H and O–H groups in total. The van der Waals surface area contributed by atoms with Gasteiger partial charge < -0.3 is 0 Å². The Morgan fingerprint density at radius 1 is 0.357 bits per heavy atom. The zero-order valence-corrected chi connectivity index (χ0v) is 9.38. The fourth-order valence-electron chi connectivity index (χ4n) is 2.58. The second-order valence-corrected chi connectivity index (χ2v) is 4.80. The zero-order chi connectivity index (χ0) is 9.64. The highest BCUT2D eigenvalue weighted by Crippen LogP contribution is 2.15. The van der Waals surface area contributed by atoms with Crippen molar-refractivity contribution in [1.29, 1.82) is 0 Å². The lowest BCUT2D eigenvalue weighted by Gasteiger charge is -2.41. The van der Waals surface area contributed by atoms with Crippen LogP contribution in [-0.4, -0.2) is 49.1 Å². The van der Waals surface area contributed by atoms with E-state index in [4.69, 9.17) is 0 Å². The lowest BCUT2D eigenvalue weighted by molar-refractivity contribution is 0.0647. The van der Waals surface area contributed by atoms with E-state index in [2.05, 4.69) is 9.80 Å². The molecule has 0 radical (unpaired) electrons. The Bertz CT molecular complexity index is 112. The van der Waals surface area contributed by atoms with E-state index < -0.39 is 0 Å². The third-order valence-electron chi connectivity index (χ3n) is 3.70. The van der Waals surface area contributed by atoms with Crippen LogP contribution in [0.5, 0.6) is 0 Å². The van der Waals surface area contributed by atoms with Crippen molar-refractivity contribution in [3.8, 4) is 0 Å². The number of rotatable bonds is 0.